The molecule has 0 unspecified atom stereocenters. The molecule has 5 nitrogen and oxygen atoms in total. The third-order valence-electron chi connectivity index (χ3n) is 3.13. The molecule has 0 aliphatic heterocycles. The van der Waals surface area contributed by atoms with Crippen LogP contribution in [0.15, 0.2) is 24.4 Å². The maximum atomic E-state index is 13.7. The lowest BCUT2D eigenvalue weighted by atomic mass is 10.2. The number of halogens is 1. The van der Waals surface area contributed by atoms with Crippen molar-refractivity contribution in [2.75, 3.05) is 11.9 Å². The highest BCUT2D eigenvalue weighted by Crippen LogP contribution is 2.18. The third-order valence-corrected chi connectivity index (χ3v) is 3.13. The van der Waals surface area contributed by atoms with Gasteiger partial charge in [0.05, 0.1) is 30.7 Å². The van der Waals surface area contributed by atoms with Crippen LogP contribution in [0.4, 0.5) is 10.1 Å². The van der Waals surface area contributed by atoms with E-state index in [1.54, 1.807) is 30.8 Å². The third kappa shape index (κ3) is 3.39. The van der Waals surface area contributed by atoms with E-state index in [9.17, 15) is 9.18 Å². The van der Waals surface area contributed by atoms with Gasteiger partial charge in [-0.1, -0.05) is 6.07 Å². The minimum Gasteiger partial charge on any atom is -0.462 e. The molecular formula is C15H18FN3O2. The van der Waals surface area contributed by atoms with Crippen LogP contribution in [0.2, 0.25) is 0 Å². The van der Waals surface area contributed by atoms with Crippen molar-refractivity contribution in [3.05, 3.63) is 47.0 Å². The Morgan fingerprint density at radius 3 is 2.95 bits per heavy atom. The molecule has 1 aromatic heterocycles. The number of esters is 1. The number of anilines is 1. The number of hydrogen-bond acceptors (Lipinski definition) is 4. The maximum Gasteiger partial charge on any atom is 0.341 e. The first kappa shape index (κ1) is 15.0. The van der Waals surface area contributed by atoms with Crippen molar-refractivity contribution < 1.29 is 13.9 Å². The lowest BCUT2D eigenvalue weighted by Crippen LogP contribution is -2.13. The van der Waals surface area contributed by atoms with E-state index >= 15 is 0 Å². The number of hydrogen-bond donors (Lipinski definition) is 1. The first-order valence-electron chi connectivity index (χ1n) is 6.71. The van der Waals surface area contributed by atoms with E-state index in [1.165, 1.54) is 12.3 Å². The fourth-order valence-corrected chi connectivity index (χ4v) is 2.01. The van der Waals surface area contributed by atoms with E-state index in [2.05, 4.69) is 10.4 Å². The van der Waals surface area contributed by atoms with Crippen LogP contribution in [0.25, 0.3) is 0 Å². The topological polar surface area (TPSA) is 56.1 Å². The molecule has 0 amide bonds. The second-order valence-electron chi connectivity index (χ2n) is 4.69. The zero-order valence-corrected chi connectivity index (χ0v) is 12.3. The predicted molar refractivity (Wildman–Crippen MR) is 77.6 cm³/mol. The average Bonchev–Trinajstić information content (AvgIpc) is 2.81. The Hall–Kier alpha value is -2.37. The molecule has 0 spiro atoms. The predicted octanol–water partition coefficient (Wildman–Crippen LogP) is 2.66. The van der Waals surface area contributed by atoms with E-state index in [4.69, 9.17) is 4.74 Å². The zero-order valence-electron chi connectivity index (χ0n) is 12.3. The summed E-state index contributed by atoms with van der Waals surface area (Å²) < 4.78 is 20.3. The van der Waals surface area contributed by atoms with Crippen molar-refractivity contribution in [3.63, 3.8) is 0 Å². The van der Waals surface area contributed by atoms with Gasteiger partial charge in [-0.2, -0.15) is 5.10 Å². The minimum atomic E-state index is -0.424. The number of carbonyl (C=O) groups excluding carboxylic acids is 1. The van der Waals surface area contributed by atoms with Crippen LogP contribution in [0.5, 0.6) is 0 Å². The summed E-state index contributed by atoms with van der Waals surface area (Å²) in [6.45, 7) is 4.21. The highest BCUT2D eigenvalue weighted by Gasteiger charge is 2.17. The number of benzene rings is 1. The molecule has 21 heavy (non-hydrogen) atoms. The molecule has 112 valence electrons. The summed E-state index contributed by atoms with van der Waals surface area (Å²) in [5.74, 6) is -0.757. The van der Waals surface area contributed by atoms with Crippen molar-refractivity contribution in [1.82, 2.24) is 9.78 Å². The lowest BCUT2D eigenvalue weighted by Gasteiger charge is -2.10. The molecule has 0 saturated carbocycles. The summed E-state index contributed by atoms with van der Waals surface area (Å²) >= 11 is 0. The van der Waals surface area contributed by atoms with Gasteiger partial charge in [0.2, 0.25) is 0 Å². The lowest BCUT2D eigenvalue weighted by molar-refractivity contribution is 0.0525. The normalized spacial score (nSPS) is 10.5. The van der Waals surface area contributed by atoms with Crippen LogP contribution in [-0.4, -0.2) is 22.4 Å². The van der Waals surface area contributed by atoms with Gasteiger partial charge in [-0.25, -0.2) is 9.18 Å². The first-order chi connectivity index (χ1) is 10.0. The number of ether oxygens (including phenoxy) is 1. The Kier molecular flexibility index (Phi) is 4.57. The Bertz CT molecular complexity index is 652. The smallest absolute Gasteiger partial charge is 0.341 e. The number of aromatic nitrogens is 2. The van der Waals surface area contributed by atoms with Gasteiger partial charge in [-0.15, -0.1) is 0 Å². The summed E-state index contributed by atoms with van der Waals surface area (Å²) in [7, 11) is 1.73. The summed E-state index contributed by atoms with van der Waals surface area (Å²) in [5.41, 5.74) is 2.38. The van der Waals surface area contributed by atoms with E-state index in [1.807, 2.05) is 6.92 Å². The van der Waals surface area contributed by atoms with Crippen LogP contribution in [0, 0.1) is 12.7 Å². The largest absolute Gasteiger partial charge is 0.462 e. The van der Waals surface area contributed by atoms with Crippen molar-refractivity contribution in [1.29, 1.82) is 0 Å². The van der Waals surface area contributed by atoms with Crippen LogP contribution in [0.1, 0.15) is 28.5 Å². The summed E-state index contributed by atoms with van der Waals surface area (Å²) in [6, 6.07) is 4.83. The molecule has 0 radical (unpaired) electrons. The highest BCUT2D eigenvalue weighted by atomic mass is 19.1. The molecule has 0 aliphatic carbocycles. The van der Waals surface area contributed by atoms with Gasteiger partial charge in [-0.05, 0) is 31.5 Å². The van der Waals surface area contributed by atoms with Gasteiger partial charge in [0.1, 0.15) is 11.4 Å². The van der Waals surface area contributed by atoms with Crippen molar-refractivity contribution in [2.24, 2.45) is 7.05 Å². The van der Waals surface area contributed by atoms with E-state index in [0.717, 1.165) is 5.56 Å². The molecule has 0 fully saturated rings. The quantitative estimate of drug-likeness (QED) is 0.860. The average molecular weight is 291 g/mol. The highest BCUT2D eigenvalue weighted by molar-refractivity contribution is 5.90. The maximum absolute atomic E-state index is 13.7. The zero-order chi connectivity index (χ0) is 15.4. The molecule has 1 heterocycles. The molecule has 0 saturated heterocycles. The Morgan fingerprint density at radius 2 is 2.24 bits per heavy atom. The fraction of sp³-hybridized carbons (Fsp3) is 0.333. The van der Waals surface area contributed by atoms with Gasteiger partial charge in [0, 0.05) is 7.05 Å². The number of nitrogens with one attached hydrogen (secondary N) is 1. The number of nitrogens with zero attached hydrogens (tertiary/aromatic N) is 2. The second-order valence-corrected chi connectivity index (χ2v) is 4.69. The molecule has 1 N–H and O–H groups in total. The van der Waals surface area contributed by atoms with E-state index in [-0.39, 0.29) is 12.4 Å². The van der Waals surface area contributed by atoms with E-state index in [0.29, 0.717) is 23.6 Å². The standard InChI is InChI=1S/C15H18FN3O2/c1-4-21-15(20)11-8-18-19(3)14(11)9-17-13-7-10(2)5-6-12(13)16/h5-8,17H,4,9H2,1-3H3. The summed E-state index contributed by atoms with van der Waals surface area (Å²) in [4.78, 5) is 11.8. The van der Waals surface area contributed by atoms with E-state index < -0.39 is 5.97 Å². The molecule has 0 atom stereocenters. The Morgan fingerprint density at radius 1 is 1.48 bits per heavy atom. The van der Waals surface area contributed by atoms with Crippen molar-refractivity contribution in [2.45, 2.75) is 20.4 Å². The van der Waals surface area contributed by atoms with Crippen LogP contribution >= 0.6 is 0 Å². The Labute approximate surface area is 122 Å². The fourth-order valence-electron chi connectivity index (χ4n) is 2.01. The molecule has 0 bridgehead atoms. The van der Waals surface area contributed by atoms with Crippen molar-refractivity contribution >= 4 is 11.7 Å². The van der Waals surface area contributed by atoms with Gasteiger partial charge in [0.15, 0.2) is 0 Å². The molecule has 2 aromatic rings. The van der Waals surface area contributed by atoms with Gasteiger partial charge in [0.25, 0.3) is 0 Å². The van der Waals surface area contributed by atoms with Crippen LogP contribution in [0.3, 0.4) is 0 Å². The van der Waals surface area contributed by atoms with Crippen molar-refractivity contribution in [3.8, 4) is 0 Å². The summed E-state index contributed by atoms with van der Waals surface area (Å²) in [6.07, 6.45) is 1.46. The monoisotopic (exact) mass is 291 g/mol. The number of rotatable bonds is 5. The van der Waals surface area contributed by atoms with Crippen LogP contribution in [-0.2, 0) is 18.3 Å². The van der Waals surface area contributed by atoms with Crippen LogP contribution < -0.4 is 5.32 Å². The molecule has 2 rings (SSSR count). The number of carbonyl (C=O) groups is 1. The molecule has 1 aromatic carbocycles. The Balaban J connectivity index is 2.18. The summed E-state index contributed by atoms with van der Waals surface area (Å²) in [5, 5.41) is 7.05. The van der Waals surface area contributed by atoms with Gasteiger partial charge >= 0.3 is 5.97 Å². The minimum absolute atomic E-state index is 0.283. The first-order valence-corrected chi connectivity index (χ1v) is 6.71. The number of aryl methyl sites for hydroxylation is 2. The second kappa shape index (κ2) is 6.39. The van der Waals surface area contributed by atoms with Gasteiger partial charge in [-0.3, -0.25) is 4.68 Å². The van der Waals surface area contributed by atoms with Gasteiger partial charge < -0.3 is 10.1 Å². The SMILES string of the molecule is CCOC(=O)c1cnn(C)c1CNc1cc(C)ccc1F. The molecule has 0 aliphatic rings. The molecule has 6 heteroatoms. The molecular weight excluding hydrogens is 273 g/mol.